The summed E-state index contributed by atoms with van der Waals surface area (Å²) >= 11 is 0. The van der Waals surface area contributed by atoms with E-state index >= 15 is 0 Å². The molecule has 0 aliphatic heterocycles. The SMILES string of the molecule is FC(F)(F)Oc1ccc(-c2cc(C(F)(F)F)[nH]n2)cc1. The number of hydrogen-bond acceptors (Lipinski definition) is 2. The van der Waals surface area contributed by atoms with Crippen molar-refractivity contribution < 1.29 is 31.1 Å². The van der Waals surface area contributed by atoms with Crippen molar-refractivity contribution in [1.82, 2.24) is 10.2 Å². The van der Waals surface area contributed by atoms with Gasteiger partial charge in [-0.05, 0) is 30.3 Å². The predicted molar refractivity (Wildman–Crippen MR) is 55.7 cm³/mol. The summed E-state index contributed by atoms with van der Waals surface area (Å²) in [4.78, 5) is 0. The molecule has 0 fully saturated rings. The van der Waals surface area contributed by atoms with E-state index in [2.05, 4.69) is 9.84 Å². The van der Waals surface area contributed by atoms with Crippen molar-refractivity contribution in [3.8, 4) is 17.0 Å². The highest BCUT2D eigenvalue weighted by Gasteiger charge is 2.33. The fourth-order valence-electron chi connectivity index (χ4n) is 1.44. The van der Waals surface area contributed by atoms with Crippen LogP contribution in [0.1, 0.15) is 5.69 Å². The fourth-order valence-corrected chi connectivity index (χ4v) is 1.44. The van der Waals surface area contributed by atoms with Gasteiger partial charge in [-0.25, -0.2) is 0 Å². The number of halogens is 6. The molecule has 2 rings (SSSR count). The number of rotatable bonds is 2. The monoisotopic (exact) mass is 296 g/mol. The minimum atomic E-state index is -4.82. The summed E-state index contributed by atoms with van der Waals surface area (Å²) in [6.07, 6.45) is -9.39. The zero-order valence-electron chi connectivity index (χ0n) is 9.51. The van der Waals surface area contributed by atoms with Crippen molar-refractivity contribution in [2.45, 2.75) is 12.5 Å². The Morgan fingerprint density at radius 1 is 0.950 bits per heavy atom. The average Bonchev–Trinajstić information content (AvgIpc) is 2.76. The van der Waals surface area contributed by atoms with Gasteiger partial charge >= 0.3 is 12.5 Å². The van der Waals surface area contributed by atoms with Gasteiger partial charge < -0.3 is 4.74 Å². The molecule has 3 nitrogen and oxygen atoms in total. The predicted octanol–water partition coefficient (Wildman–Crippen LogP) is 3.99. The average molecular weight is 296 g/mol. The second-order valence-corrected chi connectivity index (χ2v) is 3.74. The first kappa shape index (κ1) is 14.2. The molecule has 0 bridgehead atoms. The third-order valence-corrected chi connectivity index (χ3v) is 2.27. The number of nitrogens with zero attached hydrogens (tertiary/aromatic N) is 1. The van der Waals surface area contributed by atoms with Crippen molar-refractivity contribution in [3.63, 3.8) is 0 Å². The summed E-state index contributed by atoms with van der Waals surface area (Å²) in [5.41, 5.74) is -0.842. The Kier molecular flexibility index (Phi) is 3.36. The van der Waals surface area contributed by atoms with Crippen LogP contribution >= 0.6 is 0 Å². The van der Waals surface area contributed by atoms with E-state index in [1.165, 1.54) is 12.1 Å². The first-order valence-corrected chi connectivity index (χ1v) is 5.14. The molecule has 0 aliphatic carbocycles. The van der Waals surface area contributed by atoms with Gasteiger partial charge in [-0.3, -0.25) is 5.10 Å². The first-order valence-electron chi connectivity index (χ1n) is 5.14. The van der Waals surface area contributed by atoms with E-state index in [-0.39, 0.29) is 11.3 Å². The van der Waals surface area contributed by atoms with E-state index in [9.17, 15) is 26.3 Å². The highest BCUT2D eigenvalue weighted by Crippen LogP contribution is 2.31. The van der Waals surface area contributed by atoms with Crippen molar-refractivity contribution in [2.24, 2.45) is 0 Å². The molecule has 20 heavy (non-hydrogen) atoms. The number of aromatic nitrogens is 2. The van der Waals surface area contributed by atoms with Crippen molar-refractivity contribution in [3.05, 3.63) is 36.0 Å². The van der Waals surface area contributed by atoms with Crippen LogP contribution in [0.2, 0.25) is 0 Å². The fraction of sp³-hybridized carbons (Fsp3) is 0.182. The largest absolute Gasteiger partial charge is 0.573 e. The molecule has 1 aromatic carbocycles. The van der Waals surface area contributed by atoms with Crippen LogP contribution < -0.4 is 4.74 Å². The molecule has 1 N–H and O–H groups in total. The maximum atomic E-state index is 12.4. The number of H-pyrrole nitrogens is 1. The van der Waals surface area contributed by atoms with Crippen LogP contribution in [0.4, 0.5) is 26.3 Å². The summed E-state index contributed by atoms with van der Waals surface area (Å²) in [7, 11) is 0. The Hall–Kier alpha value is -2.19. The molecule has 108 valence electrons. The maximum absolute atomic E-state index is 12.4. The standard InChI is InChI=1S/C11H6F6N2O/c12-10(13,14)9-5-8(18-19-9)6-1-3-7(4-2-6)20-11(15,16)17/h1-5H,(H,18,19). The lowest BCUT2D eigenvalue weighted by atomic mass is 10.1. The molecule has 0 radical (unpaired) electrons. The molecule has 0 unspecified atom stereocenters. The Bertz CT molecular complexity index is 584. The molecule has 2 aromatic rings. The van der Waals surface area contributed by atoms with E-state index in [0.29, 0.717) is 0 Å². The second kappa shape index (κ2) is 4.73. The summed E-state index contributed by atoms with van der Waals surface area (Å²) in [5.74, 6) is -0.465. The van der Waals surface area contributed by atoms with Crippen LogP contribution in [0.5, 0.6) is 5.75 Å². The molecule has 0 atom stereocenters. The molecule has 1 heterocycles. The molecule has 1 aromatic heterocycles. The van der Waals surface area contributed by atoms with Gasteiger partial charge in [-0.2, -0.15) is 18.3 Å². The molecular weight excluding hydrogens is 290 g/mol. The molecule has 9 heteroatoms. The number of aromatic amines is 1. The van der Waals surface area contributed by atoms with Gasteiger partial charge in [-0.1, -0.05) is 0 Å². The third kappa shape index (κ3) is 3.43. The smallest absolute Gasteiger partial charge is 0.406 e. The minimum Gasteiger partial charge on any atom is -0.406 e. The van der Waals surface area contributed by atoms with E-state index < -0.39 is 24.0 Å². The zero-order chi connectivity index (χ0) is 15.0. The number of hydrogen-bond donors (Lipinski definition) is 1. The summed E-state index contributed by atoms with van der Waals surface area (Å²) < 4.78 is 76.5. The molecule has 0 aliphatic rings. The first-order chi connectivity index (χ1) is 9.15. The maximum Gasteiger partial charge on any atom is 0.573 e. The van der Waals surface area contributed by atoms with E-state index in [1.807, 2.05) is 5.10 Å². The summed E-state index contributed by atoms with van der Waals surface area (Å²) in [6, 6.07) is 5.10. The van der Waals surface area contributed by atoms with Gasteiger partial charge in [0, 0.05) is 5.56 Å². The van der Waals surface area contributed by atoms with Crippen LogP contribution in [0, 0.1) is 0 Å². The normalized spacial score (nSPS) is 12.5. The van der Waals surface area contributed by atoms with Gasteiger partial charge in [0.2, 0.25) is 0 Å². The molecule has 0 amide bonds. The van der Waals surface area contributed by atoms with E-state index in [4.69, 9.17) is 0 Å². The highest BCUT2D eigenvalue weighted by molar-refractivity contribution is 5.60. The lowest BCUT2D eigenvalue weighted by Crippen LogP contribution is -2.16. The Morgan fingerprint density at radius 2 is 1.55 bits per heavy atom. The lowest BCUT2D eigenvalue weighted by Gasteiger charge is -2.08. The van der Waals surface area contributed by atoms with Gasteiger partial charge in [-0.15, -0.1) is 13.2 Å². The quantitative estimate of drug-likeness (QED) is 0.851. The topological polar surface area (TPSA) is 37.9 Å². The van der Waals surface area contributed by atoms with Gasteiger partial charge in [0.25, 0.3) is 0 Å². The van der Waals surface area contributed by atoms with Crippen LogP contribution in [-0.4, -0.2) is 16.6 Å². The van der Waals surface area contributed by atoms with Gasteiger partial charge in [0.1, 0.15) is 11.4 Å². The zero-order valence-corrected chi connectivity index (χ0v) is 9.51. The van der Waals surface area contributed by atoms with Gasteiger partial charge in [0.05, 0.1) is 5.69 Å². The molecule has 0 saturated carbocycles. The molecule has 0 spiro atoms. The van der Waals surface area contributed by atoms with Crippen LogP contribution in [-0.2, 0) is 6.18 Å². The number of benzene rings is 1. The Labute approximate surface area is 108 Å². The summed E-state index contributed by atoms with van der Waals surface area (Å²) in [6.45, 7) is 0. The van der Waals surface area contributed by atoms with Crippen molar-refractivity contribution in [2.75, 3.05) is 0 Å². The second-order valence-electron chi connectivity index (χ2n) is 3.74. The number of alkyl halides is 6. The minimum absolute atomic E-state index is 0.0316. The lowest BCUT2D eigenvalue weighted by molar-refractivity contribution is -0.274. The van der Waals surface area contributed by atoms with Crippen molar-refractivity contribution >= 4 is 0 Å². The van der Waals surface area contributed by atoms with E-state index in [1.54, 1.807) is 0 Å². The highest BCUT2D eigenvalue weighted by atomic mass is 19.4. The van der Waals surface area contributed by atoms with Crippen LogP contribution in [0.3, 0.4) is 0 Å². The van der Waals surface area contributed by atoms with Crippen LogP contribution in [0.15, 0.2) is 30.3 Å². The number of nitrogens with one attached hydrogen (secondary N) is 1. The Morgan fingerprint density at radius 3 is 2.00 bits per heavy atom. The number of ether oxygens (including phenoxy) is 1. The molecular formula is C11H6F6N2O. The Balaban J connectivity index is 2.20. The van der Waals surface area contributed by atoms with Gasteiger partial charge in [0.15, 0.2) is 0 Å². The van der Waals surface area contributed by atoms with Crippen molar-refractivity contribution in [1.29, 1.82) is 0 Å². The third-order valence-electron chi connectivity index (χ3n) is 2.27. The summed E-state index contributed by atoms with van der Waals surface area (Å²) in [5, 5.41) is 5.26. The van der Waals surface area contributed by atoms with E-state index in [0.717, 1.165) is 18.2 Å². The van der Waals surface area contributed by atoms with Crippen LogP contribution in [0.25, 0.3) is 11.3 Å². The molecule has 0 saturated heterocycles.